The summed E-state index contributed by atoms with van der Waals surface area (Å²) in [4.78, 5) is 0. The number of benzene rings is 2. The number of halogens is 1. The molecule has 3 heteroatoms. The van der Waals surface area contributed by atoms with Gasteiger partial charge in [0.25, 0.3) is 0 Å². The van der Waals surface area contributed by atoms with E-state index in [9.17, 15) is 9.50 Å². The van der Waals surface area contributed by atoms with Crippen LogP contribution < -0.4 is 4.74 Å². The lowest BCUT2D eigenvalue weighted by Gasteiger charge is -2.29. The molecule has 98 valence electrons. The van der Waals surface area contributed by atoms with Crippen molar-refractivity contribution in [2.24, 2.45) is 0 Å². The summed E-state index contributed by atoms with van der Waals surface area (Å²) in [6.45, 7) is 0. The minimum atomic E-state index is -0.585. The fourth-order valence-electron chi connectivity index (χ4n) is 2.49. The molecule has 1 aliphatic heterocycles. The Labute approximate surface area is 111 Å². The molecule has 2 atom stereocenters. The van der Waals surface area contributed by atoms with Crippen LogP contribution in [0, 0.1) is 5.82 Å². The van der Waals surface area contributed by atoms with E-state index in [0.717, 1.165) is 5.56 Å². The molecule has 2 aromatic carbocycles. The predicted octanol–water partition coefficient (Wildman–Crippen LogP) is 3.25. The summed E-state index contributed by atoms with van der Waals surface area (Å²) in [5, 5.41) is 10.1. The Kier molecular flexibility index (Phi) is 3.22. The lowest BCUT2D eigenvalue weighted by Crippen LogP contribution is -2.27. The molecule has 2 nitrogen and oxygen atoms in total. The van der Waals surface area contributed by atoms with Crippen LogP contribution in [0.2, 0.25) is 0 Å². The Balaban J connectivity index is 1.81. The molecule has 1 heterocycles. The first-order chi connectivity index (χ1) is 9.22. The van der Waals surface area contributed by atoms with Crippen LogP contribution in [-0.4, -0.2) is 11.2 Å². The molecule has 0 saturated carbocycles. The van der Waals surface area contributed by atoms with E-state index in [1.54, 1.807) is 6.07 Å². The first-order valence-electron chi connectivity index (χ1n) is 6.40. The number of aliphatic hydroxyl groups is 1. The third-order valence-electron chi connectivity index (χ3n) is 3.42. The number of hydrogen-bond donors (Lipinski definition) is 1. The fourth-order valence-corrected chi connectivity index (χ4v) is 2.49. The van der Waals surface area contributed by atoms with Crippen LogP contribution in [0.1, 0.15) is 23.7 Å². The van der Waals surface area contributed by atoms with Crippen molar-refractivity contribution in [1.82, 2.24) is 0 Å². The van der Waals surface area contributed by atoms with Crippen molar-refractivity contribution < 1.29 is 14.2 Å². The average molecular weight is 258 g/mol. The van der Waals surface area contributed by atoms with Gasteiger partial charge in [0, 0.05) is 24.5 Å². The van der Waals surface area contributed by atoms with Gasteiger partial charge >= 0.3 is 0 Å². The molecule has 0 bridgehead atoms. The molecule has 2 aromatic rings. The van der Waals surface area contributed by atoms with E-state index in [2.05, 4.69) is 0 Å². The van der Waals surface area contributed by atoms with Crippen molar-refractivity contribution in [3.8, 4) is 5.75 Å². The molecule has 0 saturated heterocycles. The smallest absolute Gasteiger partial charge is 0.128 e. The highest BCUT2D eigenvalue weighted by molar-refractivity contribution is 5.37. The van der Waals surface area contributed by atoms with Crippen molar-refractivity contribution in [2.75, 3.05) is 0 Å². The summed E-state index contributed by atoms with van der Waals surface area (Å²) < 4.78 is 19.0. The van der Waals surface area contributed by atoms with Crippen LogP contribution in [0.5, 0.6) is 5.75 Å². The second-order valence-electron chi connectivity index (χ2n) is 4.86. The Bertz CT molecular complexity index is 568. The van der Waals surface area contributed by atoms with Gasteiger partial charge in [-0.05, 0) is 17.7 Å². The number of rotatable bonds is 2. The van der Waals surface area contributed by atoms with Crippen LogP contribution in [-0.2, 0) is 6.42 Å². The maximum atomic E-state index is 13.2. The van der Waals surface area contributed by atoms with E-state index in [4.69, 9.17) is 4.74 Å². The lowest BCUT2D eigenvalue weighted by atomic mass is 9.95. The second kappa shape index (κ2) is 5.02. The van der Waals surface area contributed by atoms with Crippen molar-refractivity contribution >= 4 is 0 Å². The van der Waals surface area contributed by atoms with Gasteiger partial charge < -0.3 is 9.84 Å². The molecule has 0 amide bonds. The molecule has 19 heavy (non-hydrogen) atoms. The van der Waals surface area contributed by atoms with Crippen LogP contribution in [0.15, 0.2) is 48.5 Å². The van der Waals surface area contributed by atoms with Crippen molar-refractivity contribution in [1.29, 1.82) is 0 Å². The van der Waals surface area contributed by atoms with Gasteiger partial charge in [0.2, 0.25) is 0 Å². The molecular formula is C16H15FO2. The Hall–Kier alpha value is -1.87. The zero-order valence-corrected chi connectivity index (χ0v) is 10.4. The molecule has 0 radical (unpaired) electrons. The lowest BCUT2D eigenvalue weighted by molar-refractivity contribution is 0.0659. The summed E-state index contributed by atoms with van der Waals surface area (Å²) in [7, 11) is 0. The van der Waals surface area contributed by atoms with Gasteiger partial charge in [-0.15, -0.1) is 0 Å². The van der Waals surface area contributed by atoms with E-state index < -0.39 is 6.10 Å². The van der Waals surface area contributed by atoms with E-state index in [0.29, 0.717) is 24.2 Å². The number of ether oxygens (including phenoxy) is 1. The zero-order chi connectivity index (χ0) is 13.2. The van der Waals surface area contributed by atoms with Gasteiger partial charge in [0.1, 0.15) is 17.7 Å². The largest absolute Gasteiger partial charge is 0.489 e. The zero-order valence-electron chi connectivity index (χ0n) is 10.4. The quantitative estimate of drug-likeness (QED) is 0.896. The normalized spacial score (nSPS) is 21.6. The van der Waals surface area contributed by atoms with E-state index in [1.165, 1.54) is 12.1 Å². The maximum absolute atomic E-state index is 13.2. The SMILES string of the molecule is O[C@@H]1CC(Cc2ccccc2)Oc2cc(F)ccc21. The summed E-state index contributed by atoms with van der Waals surface area (Å²) in [6, 6.07) is 14.2. The van der Waals surface area contributed by atoms with E-state index >= 15 is 0 Å². The van der Waals surface area contributed by atoms with Crippen molar-refractivity contribution in [3.63, 3.8) is 0 Å². The molecule has 0 fully saturated rings. The van der Waals surface area contributed by atoms with Gasteiger partial charge in [0.15, 0.2) is 0 Å². The Morgan fingerprint density at radius 1 is 1.16 bits per heavy atom. The van der Waals surface area contributed by atoms with E-state index in [1.807, 2.05) is 30.3 Å². The molecule has 1 N–H and O–H groups in total. The topological polar surface area (TPSA) is 29.5 Å². The first kappa shape index (κ1) is 12.2. The van der Waals surface area contributed by atoms with Gasteiger partial charge in [-0.2, -0.15) is 0 Å². The van der Waals surface area contributed by atoms with Crippen molar-refractivity contribution in [2.45, 2.75) is 25.0 Å². The standard InChI is InChI=1S/C16H15FO2/c17-12-6-7-14-15(18)10-13(19-16(14)9-12)8-11-4-2-1-3-5-11/h1-7,9,13,15,18H,8,10H2/t13?,15-/m1/s1. The van der Waals surface area contributed by atoms with Crippen molar-refractivity contribution in [3.05, 3.63) is 65.5 Å². The fraction of sp³-hybridized carbons (Fsp3) is 0.250. The Morgan fingerprint density at radius 3 is 2.74 bits per heavy atom. The van der Waals surface area contributed by atoms with E-state index in [-0.39, 0.29) is 11.9 Å². The Morgan fingerprint density at radius 2 is 1.95 bits per heavy atom. The van der Waals surface area contributed by atoms with Crippen LogP contribution in [0.3, 0.4) is 0 Å². The molecule has 3 rings (SSSR count). The number of aliphatic hydroxyl groups excluding tert-OH is 1. The van der Waals surface area contributed by atoms with Gasteiger partial charge in [-0.1, -0.05) is 30.3 Å². The minimum Gasteiger partial charge on any atom is -0.489 e. The highest BCUT2D eigenvalue weighted by Crippen LogP contribution is 2.35. The molecule has 0 aromatic heterocycles. The highest BCUT2D eigenvalue weighted by Gasteiger charge is 2.27. The predicted molar refractivity (Wildman–Crippen MR) is 70.5 cm³/mol. The minimum absolute atomic E-state index is 0.119. The molecule has 0 aliphatic carbocycles. The summed E-state index contributed by atoms with van der Waals surface area (Å²) in [5.74, 6) is 0.117. The molecule has 1 unspecified atom stereocenters. The van der Waals surface area contributed by atoms with Gasteiger partial charge in [-0.25, -0.2) is 4.39 Å². The number of hydrogen-bond acceptors (Lipinski definition) is 2. The van der Waals surface area contributed by atoms with Gasteiger partial charge in [0.05, 0.1) is 6.10 Å². The highest BCUT2D eigenvalue weighted by atomic mass is 19.1. The summed E-state index contributed by atoms with van der Waals surface area (Å²) >= 11 is 0. The van der Waals surface area contributed by atoms with Crippen LogP contribution >= 0.6 is 0 Å². The average Bonchev–Trinajstić information content (AvgIpc) is 2.39. The molecular weight excluding hydrogens is 243 g/mol. The summed E-state index contributed by atoms with van der Waals surface area (Å²) in [5.41, 5.74) is 1.82. The second-order valence-corrected chi connectivity index (χ2v) is 4.86. The van der Waals surface area contributed by atoms with Crippen LogP contribution in [0.4, 0.5) is 4.39 Å². The van der Waals surface area contributed by atoms with Crippen LogP contribution in [0.25, 0.3) is 0 Å². The molecule has 0 spiro atoms. The van der Waals surface area contributed by atoms with Gasteiger partial charge in [-0.3, -0.25) is 0 Å². The third-order valence-corrected chi connectivity index (χ3v) is 3.42. The maximum Gasteiger partial charge on any atom is 0.128 e. The first-order valence-corrected chi connectivity index (χ1v) is 6.40. The monoisotopic (exact) mass is 258 g/mol. The third kappa shape index (κ3) is 2.61. The summed E-state index contributed by atoms with van der Waals surface area (Å²) in [6.07, 6.45) is 0.547. The number of fused-ring (bicyclic) bond motifs is 1. The molecule has 1 aliphatic rings.